The SMILES string of the molecule is [2H]C([2H])([2H])c1cnc(-c2cccc3c2oc2c3ccc3cc(C)sc32)cc1C(C)(C)C. The first-order valence-electron chi connectivity index (χ1n) is 10.9. The lowest BCUT2D eigenvalue weighted by atomic mass is 9.84. The predicted octanol–water partition coefficient (Wildman–Crippen LogP) is 7.78. The highest BCUT2D eigenvalue weighted by atomic mass is 32.1. The molecule has 0 saturated carbocycles. The zero-order chi connectivity index (χ0) is 22.1. The number of aryl methyl sites for hydroxylation is 2. The van der Waals surface area contributed by atoms with Gasteiger partial charge < -0.3 is 4.42 Å². The molecule has 2 aromatic carbocycles. The lowest BCUT2D eigenvalue weighted by molar-refractivity contribution is 0.585. The number of aromatic nitrogens is 1. The van der Waals surface area contributed by atoms with Gasteiger partial charge in [-0.25, -0.2) is 0 Å². The van der Waals surface area contributed by atoms with Gasteiger partial charge in [0.15, 0.2) is 5.58 Å². The third-order valence-corrected chi connectivity index (χ3v) is 6.33. The molecule has 3 heterocycles. The number of nitrogens with zero attached hydrogens (tertiary/aromatic N) is 1. The summed E-state index contributed by atoms with van der Waals surface area (Å²) in [5.74, 6) is 0. The Bertz CT molecular complexity index is 1470. The topological polar surface area (TPSA) is 26.0 Å². The third kappa shape index (κ3) is 2.57. The molecule has 0 unspecified atom stereocenters. The standard InChI is InChI=1S/C25H23NOS/c1-14-13-26-21(12-20(14)25(3,4)5)19-8-6-7-17-18-10-9-16-11-15(2)28-24(16)23(18)27-22(17)19/h6-13H,1-5H3/i1D3. The van der Waals surface area contributed by atoms with Crippen LogP contribution in [0.5, 0.6) is 0 Å². The van der Waals surface area contributed by atoms with E-state index in [4.69, 9.17) is 8.53 Å². The highest BCUT2D eigenvalue weighted by molar-refractivity contribution is 7.19. The summed E-state index contributed by atoms with van der Waals surface area (Å²) in [5.41, 5.74) is 4.03. The number of fused-ring (bicyclic) bond motifs is 5. The molecule has 28 heavy (non-hydrogen) atoms. The van der Waals surface area contributed by atoms with E-state index in [2.05, 4.69) is 36.2 Å². The van der Waals surface area contributed by atoms with Crippen molar-refractivity contribution in [3.8, 4) is 11.3 Å². The lowest BCUT2D eigenvalue weighted by Crippen LogP contribution is -2.13. The van der Waals surface area contributed by atoms with Gasteiger partial charge in [0.1, 0.15) is 5.58 Å². The summed E-state index contributed by atoms with van der Waals surface area (Å²) in [5, 5.41) is 3.31. The fourth-order valence-corrected chi connectivity index (χ4v) is 4.90. The fraction of sp³-hybridized carbons (Fsp3) is 0.240. The van der Waals surface area contributed by atoms with E-state index in [-0.39, 0.29) is 5.41 Å². The minimum Gasteiger partial charge on any atom is -0.454 e. The van der Waals surface area contributed by atoms with Crippen molar-refractivity contribution >= 4 is 43.4 Å². The first-order chi connectivity index (χ1) is 14.5. The van der Waals surface area contributed by atoms with E-state index in [0.717, 1.165) is 43.5 Å². The Morgan fingerprint density at radius 1 is 1.04 bits per heavy atom. The molecule has 0 aliphatic rings. The van der Waals surface area contributed by atoms with Crippen LogP contribution in [0.3, 0.4) is 0 Å². The average molecular weight is 389 g/mol. The molecular weight excluding hydrogens is 362 g/mol. The summed E-state index contributed by atoms with van der Waals surface area (Å²) in [6.07, 6.45) is 1.51. The van der Waals surface area contributed by atoms with Crippen LogP contribution in [0.15, 0.2) is 53.1 Å². The number of thiophene rings is 1. The van der Waals surface area contributed by atoms with Gasteiger partial charge >= 0.3 is 0 Å². The molecule has 0 saturated heterocycles. The highest BCUT2D eigenvalue weighted by Gasteiger charge is 2.20. The van der Waals surface area contributed by atoms with Gasteiger partial charge in [0.2, 0.25) is 0 Å². The van der Waals surface area contributed by atoms with E-state index in [1.54, 1.807) is 11.3 Å². The second kappa shape index (κ2) is 5.92. The van der Waals surface area contributed by atoms with Crippen molar-refractivity contribution in [1.29, 1.82) is 0 Å². The van der Waals surface area contributed by atoms with Crippen LogP contribution in [0.1, 0.15) is 40.9 Å². The molecule has 3 aromatic heterocycles. The molecule has 140 valence electrons. The summed E-state index contributed by atoms with van der Waals surface area (Å²) >= 11 is 1.74. The molecule has 0 aliphatic carbocycles. The quantitative estimate of drug-likeness (QED) is 0.293. The van der Waals surface area contributed by atoms with Crippen molar-refractivity contribution in [2.75, 3.05) is 0 Å². The van der Waals surface area contributed by atoms with Crippen LogP contribution in [-0.2, 0) is 5.41 Å². The van der Waals surface area contributed by atoms with E-state index in [1.165, 1.54) is 16.5 Å². The molecule has 3 heteroatoms. The van der Waals surface area contributed by atoms with Gasteiger partial charge in [0, 0.05) is 31.5 Å². The molecule has 5 rings (SSSR count). The van der Waals surface area contributed by atoms with Crippen molar-refractivity contribution in [1.82, 2.24) is 4.98 Å². The maximum Gasteiger partial charge on any atom is 0.153 e. The average Bonchev–Trinajstić information content (AvgIpc) is 3.25. The van der Waals surface area contributed by atoms with Gasteiger partial charge in [-0.2, -0.15) is 0 Å². The van der Waals surface area contributed by atoms with Crippen LogP contribution >= 0.6 is 11.3 Å². The maximum atomic E-state index is 7.93. The Hall–Kier alpha value is -2.65. The zero-order valence-corrected chi connectivity index (χ0v) is 17.2. The van der Waals surface area contributed by atoms with Crippen LogP contribution in [-0.4, -0.2) is 4.98 Å². The molecule has 0 spiro atoms. The second-order valence-corrected chi connectivity index (χ2v) is 9.62. The van der Waals surface area contributed by atoms with Crippen LogP contribution in [0.25, 0.3) is 43.3 Å². The number of pyridine rings is 1. The number of rotatable bonds is 1. The van der Waals surface area contributed by atoms with E-state index < -0.39 is 6.85 Å². The Morgan fingerprint density at radius 2 is 1.86 bits per heavy atom. The van der Waals surface area contributed by atoms with Crippen molar-refractivity contribution in [3.63, 3.8) is 0 Å². The highest BCUT2D eigenvalue weighted by Crippen LogP contribution is 2.41. The number of para-hydroxylation sites is 1. The normalized spacial score (nSPS) is 14.5. The van der Waals surface area contributed by atoms with Gasteiger partial charge in [0.25, 0.3) is 0 Å². The molecule has 0 radical (unpaired) electrons. The van der Waals surface area contributed by atoms with E-state index >= 15 is 0 Å². The molecule has 0 atom stereocenters. The van der Waals surface area contributed by atoms with Crippen molar-refractivity contribution < 1.29 is 8.53 Å². The summed E-state index contributed by atoms with van der Waals surface area (Å²) < 4.78 is 31.4. The van der Waals surface area contributed by atoms with Gasteiger partial charge in [-0.05, 0) is 60.0 Å². The largest absolute Gasteiger partial charge is 0.454 e. The van der Waals surface area contributed by atoms with Gasteiger partial charge in [-0.1, -0.05) is 39.0 Å². The summed E-state index contributed by atoms with van der Waals surface area (Å²) in [4.78, 5) is 5.81. The molecule has 0 N–H and O–H groups in total. The number of hydrogen-bond donors (Lipinski definition) is 0. The smallest absolute Gasteiger partial charge is 0.153 e. The predicted molar refractivity (Wildman–Crippen MR) is 121 cm³/mol. The summed E-state index contributed by atoms with van der Waals surface area (Å²) in [6, 6.07) is 14.4. The van der Waals surface area contributed by atoms with Crippen molar-refractivity contribution in [2.24, 2.45) is 0 Å². The van der Waals surface area contributed by atoms with E-state index in [1.807, 2.05) is 39.0 Å². The molecule has 5 aromatic rings. The molecular formula is C25H23NOS. The molecule has 0 amide bonds. The monoisotopic (exact) mass is 388 g/mol. The first-order valence-corrected chi connectivity index (χ1v) is 10.2. The number of furan rings is 1. The maximum absolute atomic E-state index is 7.93. The summed E-state index contributed by atoms with van der Waals surface area (Å²) in [7, 11) is 0. The second-order valence-electron chi connectivity index (χ2n) is 8.37. The van der Waals surface area contributed by atoms with Gasteiger partial charge in [-0.15, -0.1) is 11.3 Å². The minimum atomic E-state index is -2.21. The number of benzene rings is 2. The third-order valence-electron chi connectivity index (χ3n) is 5.26. The lowest BCUT2D eigenvalue weighted by Gasteiger charge is -2.22. The fourth-order valence-electron chi connectivity index (χ4n) is 3.91. The Morgan fingerprint density at radius 3 is 2.64 bits per heavy atom. The number of hydrogen-bond acceptors (Lipinski definition) is 3. The molecule has 0 bridgehead atoms. The molecule has 0 fully saturated rings. The van der Waals surface area contributed by atoms with Gasteiger partial charge in [0.05, 0.1) is 10.4 Å². The van der Waals surface area contributed by atoms with Gasteiger partial charge in [-0.3, -0.25) is 4.98 Å². The van der Waals surface area contributed by atoms with Crippen LogP contribution in [0.4, 0.5) is 0 Å². The van der Waals surface area contributed by atoms with Crippen LogP contribution in [0.2, 0.25) is 0 Å². The van der Waals surface area contributed by atoms with E-state index in [9.17, 15) is 0 Å². The van der Waals surface area contributed by atoms with Crippen molar-refractivity contribution in [2.45, 2.75) is 40.0 Å². The van der Waals surface area contributed by atoms with Crippen LogP contribution in [0, 0.1) is 13.8 Å². The summed E-state index contributed by atoms with van der Waals surface area (Å²) in [6.45, 7) is 5.98. The Labute approximate surface area is 173 Å². The Kier molecular flexibility index (Phi) is 3.04. The van der Waals surface area contributed by atoms with E-state index in [0.29, 0.717) is 5.56 Å². The Balaban J connectivity index is 1.80. The zero-order valence-electron chi connectivity index (χ0n) is 19.4. The van der Waals surface area contributed by atoms with Crippen molar-refractivity contribution in [3.05, 3.63) is 64.7 Å². The minimum absolute atomic E-state index is 0.302. The molecule has 2 nitrogen and oxygen atoms in total. The van der Waals surface area contributed by atoms with Crippen LogP contribution < -0.4 is 0 Å². The molecule has 0 aliphatic heterocycles. The first kappa shape index (κ1) is 14.4.